The van der Waals surface area contributed by atoms with Gasteiger partial charge in [-0.3, -0.25) is 9.59 Å². The van der Waals surface area contributed by atoms with E-state index in [0.717, 1.165) is 11.3 Å². The number of rotatable bonds is 6. The number of methoxy groups -OCH3 is 2. The summed E-state index contributed by atoms with van der Waals surface area (Å²) in [5, 5.41) is 5.69. The van der Waals surface area contributed by atoms with Crippen molar-refractivity contribution in [3.8, 4) is 11.5 Å². The van der Waals surface area contributed by atoms with E-state index in [0.29, 0.717) is 28.3 Å². The second-order valence-electron chi connectivity index (χ2n) is 6.34. The first-order chi connectivity index (χ1) is 14.0. The van der Waals surface area contributed by atoms with Crippen LogP contribution in [0.2, 0.25) is 0 Å². The number of carbonyl (C=O) groups excluding carboxylic acids is 2. The second-order valence-corrected chi connectivity index (χ2v) is 6.34. The van der Waals surface area contributed by atoms with E-state index in [1.54, 1.807) is 42.5 Å². The number of hydrogen-bond donors (Lipinski definition) is 2. The molecule has 0 saturated carbocycles. The summed E-state index contributed by atoms with van der Waals surface area (Å²) in [7, 11) is 2.99. The van der Waals surface area contributed by atoms with E-state index >= 15 is 0 Å². The summed E-state index contributed by atoms with van der Waals surface area (Å²) in [6.07, 6.45) is 0. The van der Waals surface area contributed by atoms with Crippen molar-refractivity contribution >= 4 is 23.2 Å². The zero-order valence-corrected chi connectivity index (χ0v) is 16.5. The van der Waals surface area contributed by atoms with Gasteiger partial charge >= 0.3 is 0 Å². The fourth-order valence-corrected chi connectivity index (χ4v) is 2.88. The van der Waals surface area contributed by atoms with Crippen LogP contribution < -0.4 is 20.1 Å². The Morgan fingerprint density at radius 3 is 1.93 bits per heavy atom. The number of hydrogen-bond acceptors (Lipinski definition) is 4. The molecule has 0 aliphatic carbocycles. The first-order valence-electron chi connectivity index (χ1n) is 9.03. The molecule has 0 aliphatic rings. The van der Waals surface area contributed by atoms with Crippen LogP contribution in [0.3, 0.4) is 0 Å². The van der Waals surface area contributed by atoms with Crippen LogP contribution in [0.5, 0.6) is 11.5 Å². The zero-order valence-electron chi connectivity index (χ0n) is 16.5. The molecule has 6 nitrogen and oxygen atoms in total. The maximum absolute atomic E-state index is 12.7. The molecule has 0 aliphatic heterocycles. The molecule has 2 amide bonds. The second kappa shape index (κ2) is 8.93. The van der Waals surface area contributed by atoms with Gasteiger partial charge in [-0.25, -0.2) is 0 Å². The van der Waals surface area contributed by atoms with Gasteiger partial charge in [0.25, 0.3) is 11.8 Å². The number of amides is 2. The summed E-state index contributed by atoms with van der Waals surface area (Å²) in [6.45, 7) is 1.93. The van der Waals surface area contributed by atoms with E-state index < -0.39 is 0 Å². The van der Waals surface area contributed by atoms with Crippen LogP contribution in [0.15, 0.2) is 66.7 Å². The van der Waals surface area contributed by atoms with Crippen LogP contribution >= 0.6 is 0 Å². The van der Waals surface area contributed by atoms with Crippen LogP contribution in [-0.2, 0) is 0 Å². The molecule has 29 heavy (non-hydrogen) atoms. The number of aryl methyl sites for hydroxylation is 1. The average molecular weight is 390 g/mol. The van der Waals surface area contributed by atoms with Gasteiger partial charge in [0.05, 0.1) is 14.2 Å². The quantitative estimate of drug-likeness (QED) is 0.649. The fourth-order valence-electron chi connectivity index (χ4n) is 2.88. The molecule has 0 spiro atoms. The SMILES string of the molecule is COc1cccc(OC)c1C(=O)Nc1ccc(C(=O)Nc2ccccc2C)cc1. The largest absolute Gasteiger partial charge is 0.496 e. The molecule has 0 saturated heterocycles. The predicted octanol–water partition coefficient (Wildman–Crippen LogP) is 4.52. The van der Waals surface area contributed by atoms with Crippen molar-refractivity contribution in [2.24, 2.45) is 0 Å². The predicted molar refractivity (Wildman–Crippen MR) is 113 cm³/mol. The molecule has 3 rings (SSSR count). The van der Waals surface area contributed by atoms with E-state index in [1.165, 1.54) is 14.2 Å². The Morgan fingerprint density at radius 2 is 1.34 bits per heavy atom. The van der Waals surface area contributed by atoms with Gasteiger partial charge in [0.15, 0.2) is 0 Å². The highest BCUT2D eigenvalue weighted by molar-refractivity contribution is 6.09. The Morgan fingerprint density at radius 1 is 0.724 bits per heavy atom. The van der Waals surface area contributed by atoms with Crippen molar-refractivity contribution in [2.75, 3.05) is 24.9 Å². The maximum Gasteiger partial charge on any atom is 0.263 e. The highest BCUT2D eigenvalue weighted by Crippen LogP contribution is 2.29. The summed E-state index contributed by atoms with van der Waals surface area (Å²) in [6, 6.07) is 19.4. The van der Waals surface area contributed by atoms with Crippen molar-refractivity contribution in [2.45, 2.75) is 6.92 Å². The molecule has 0 atom stereocenters. The molecule has 0 fully saturated rings. The third kappa shape index (κ3) is 4.55. The van der Waals surface area contributed by atoms with Gasteiger partial charge in [0.1, 0.15) is 17.1 Å². The summed E-state index contributed by atoms with van der Waals surface area (Å²) in [4.78, 5) is 25.2. The van der Waals surface area contributed by atoms with Crippen LogP contribution in [0.25, 0.3) is 0 Å². The molecule has 0 unspecified atom stereocenters. The molecular weight excluding hydrogens is 368 g/mol. The normalized spacial score (nSPS) is 10.2. The Hall–Kier alpha value is -3.80. The summed E-state index contributed by atoms with van der Waals surface area (Å²) in [5.74, 6) is 0.243. The number of anilines is 2. The summed E-state index contributed by atoms with van der Waals surface area (Å²) in [5.41, 5.74) is 3.09. The van der Waals surface area contributed by atoms with Gasteiger partial charge in [-0.1, -0.05) is 24.3 Å². The van der Waals surface area contributed by atoms with E-state index in [9.17, 15) is 9.59 Å². The Labute approximate surface area is 169 Å². The average Bonchev–Trinajstić information content (AvgIpc) is 2.75. The third-order valence-electron chi connectivity index (χ3n) is 4.45. The van der Waals surface area contributed by atoms with Gasteiger partial charge in [0.2, 0.25) is 0 Å². The van der Waals surface area contributed by atoms with Crippen molar-refractivity contribution < 1.29 is 19.1 Å². The Kier molecular flexibility index (Phi) is 6.14. The number of para-hydroxylation sites is 1. The van der Waals surface area contributed by atoms with Gasteiger partial charge in [-0.15, -0.1) is 0 Å². The molecule has 0 bridgehead atoms. The monoisotopic (exact) mass is 390 g/mol. The molecule has 0 heterocycles. The Bertz CT molecular complexity index is 1010. The number of benzene rings is 3. The summed E-state index contributed by atoms with van der Waals surface area (Å²) >= 11 is 0. The molecule has 0 aromatic heterocycles. The highest BCUT2D eigenvalue weighted by Gasteiger charge is 2.18. The fraction of sp³-hybridized carbons (Fsp3) is 0.130. The lowest BCUT2D eigenvalue weighted by molar-refractivity contribution is 0.101. The zero-order chi connectivity index (χ0) is 20.8. The van der Waals surface area contributed by atoms with Crippen LogP contribution in [0.4, 0.5) is 11.4 Å². The van der Waals surface area contributed by atoms with Crippen molar-refractivity contribution in [1.82, 2.24) is 0 Å². The topological polar surface area (TPSA) is 76.7 Å². The molecule has 148 valence electrons. The minimum atomic E-state index is -0.364. The number of carbonyl (C=O) groups is 2. The molecule has 3 aromatic carbocycles. The molecule has 6 heteroatoms. The van der Waals surface area contributed by atoms with Gasteiger partial charge in [0, 0.05) is 16.9 Å². The van der Waals surface area contributed by atoms with E-state index in [-0.39, 0.29) is 11.8 Å². The Balaban J connectivity index is 1.74. The molecule has 3 aromatic rings. The van der Waals surface area contributed by atoms with Crippen LogP contribution in [0.1, 0.15) is 26.3 Å². The molecular formula is C23H22N2O4. The first kappa shape index (κ1) is 19.9. The van der Waals surface area contributed by atoms with E-state index in [1.807, 2.05) is 31.2 Å². The molecule has 0 radical (unpaired) electrons. The standard InChI is InChI=1S/C23H22N2O4/c1-15-7-4-5-8-18(15)25-22(26)16-11-13-17(14-12-16)24-23(27)21-19(28-2)9-6-10-20(21)29-3/h4-14H,1-3H3,(H,24,27)(H,25,26). The van der Waals surface area contributed by atoms with Crippen molar-refractivity contribution in [3.63, 3.8) is 0 Å². The lowest BCUT2D eigenvalue weighted by Gasteiger charge is -2.13. The van der Waals surface area contributed by atoms with Crippen LogP contribution in [-0.4, -0.2) is 26.0 Å². The van der Waals surface area contributed by atoms with Gasteiger partial charge in [-0.2, -0.15) is 0 Å². The van der Waals surface area contributed by atoms with E-state index in [4.69, 9.17) is 9.47 Å². The minimum absolute atomic E-state index is 0.219. The van der Waals surface area contributed by atoms with Crippen molar-refractivity contribution in [1.29, 1.82) is 0 Å². The molecule has 2 N–H and O–H groups in total. The van der Waals surface area contributed by atoms with Gasteiger partial charge < -0.3 is 20.1 Å². The maximum atomic E-state index is 12.7. The van der Waals surface area contributed by atoms with E-state index in [2.05, 4.69) is 10.6 Å². The number of nitrogens with one attached hydrogen (secondary N) is 2. The third-order valence-corrected chi connectivity index (χ3v) is 4.45. The highest BCUT2D eigenvalue weighted by atomic mass is 16.5. The number of ether oxygens (including phenoxy) is 2. The lowest BCUT2D eigenvalue weighted by Crippen LogP contribution is -2.15. The smallest absolute Gasteiger partial charge is 0.263 e. The summed E-state index contributed by atoms with van der Waals surface area (Å²) < 4.78 is 10.5. The minimum Gasteiger partial charge on any atom is -0.496 e. The first-order valence-corrected chi connectivity index (χ1v) is 9.03. The lowest BCUT2D eigenvalue weighted by atomic mass is 10.1. The van der Waals surface area contributed by atoms with Gasteiger partial charge in [-0.05, 0) is 55.0 Å². The van der Waals surface area contributed by atoms with Crippen molar-refractivity contribution in [3.05, 3.63) is 83.4 Å². The van der Waals surface area contributed by atoms with Crippen LogP contribution in [0, 0.1) is 6.92 Å².